The molecule has 1 aliphatic heterocycles. The first-order valence-corrected chi connectivity index (χ1v) is 7.09. The Morgan fingerprint density at radius 3 is 2.84 bits per heavy atom. The Labute approximate surface area is 115 Å². The van der Waals surface area contributed by atoms with Gasteiger partial charge in [-0.05, 0) is 50.4 Å². The number of carbonyl (C=O) groups is 1. The molecule has 19 heavy (non-hydrogen) atoms. The average molecular weight is 261 g/mol. The van der Waals surface area contributed by atoms with Crippen molar-refractivity contribution in [3.05, 3.63) is 30.1 Å². The standard InChI is InChI=1S/C15H23N3O/c1-3-15(7-4-8-17-11-15)14(19)18-12(2)13-5-9-16-10-6-13/h5-6,9-10,12,17H,3-4,7-8,11H2,1-2H3,(H,18,19)/t12-,15?/m0/s1. The molecule has 2 rings (SSSR count). The summed E-state index contributed by atoms with van der Waals surface area (Å²) in [6.07, 6.45) is 6.46. The van der Waals surface area contributed by atoms with Gasteiger partial charge < -0.3 is 10.6 Å². The summed E-state index contributed by atoms with van der Waals surface area (Å²) in [6.45, 7) is 5.93. The van der Waals surface area contributed by atoms with Crippen LogP contribution in [0.3, 0.4) is 0 Å². The second-order valence-electron chi connectivity index (χ2n) is 5.39. The van der Waals surface area contributed by atoms with E-state index in [2.05, 4.69) is 22.5 Å². The molecular weight excluding hydrogens is 238 g/mol. The Hall–Kier alpha value is -1.42. The molecule has 1 aromatic rings. The highest BCUT2D eigenvalue weighted by Gasteiger charge is 2.38. The number of hydrogen-bond acceptors (Lipinski definition) is 3. The van der Waals surface area contributed by atoms with E-state index in [1.165, 1.54) is 0 Å². The van der Waals surface area contributed by atoms with Crippen LogP contribution in [-0.4, -0.2) is 24.0 Å². The first-order chi connectivity index (χ1) is 9.18. The lowest BCUT2D eigenvalue weighted by Crippen LogP contribution is -2.50. The zero-order chi connectivity index (χ0) is 13.7. The summed E-state index contributed by atoms with van der Waals surface area (Å²) in [4.78, 5) is 16.6. The van der Waals surface area contributed by atoms with Crippen molar-refractivity contribution in [2.45, 2.75) is 39.2 Å². The van der Waals surface area contributed by atoms with Crippen molar-refractivity contribution >= 4 is 5.91 Å². The van der Waals surface area contributed by atoms with Gasteiger partial charge in [0, 0.05) is 18.9 Å². The van der Waals surface area contributed by atoms with E-state index in [1.54, 1.807) is 12.4 Å². The third kappa shape index (κ3) is 3.13. The molecule has 0 spiro atoms. The quantitative estimate of drug-likeness (QED) is 0.872. The van der Waals surface area contributed by atoms with E-state index in [-0.39, 0.29) is 17.4 Å². The normalized spacial score (nSPS) is 24.7. The maximum absolute atomic E-state index is 12.6. The molecule has 4 heteroatoms. The monoisotopic (exact) mass is 261 g/mol. The van der Waals surface area contributed by atoms with Gasteiger partial charge in [0.15, 0.2) is 0 Å². The highest BCUT2D eigenvalue weighted by atomic mass is 16.2. The lowest BCUT2D eigenvalue weighted by molar-refractivity contribution is -0.133. The summed E-state index contributed by atoms with van der Waals surface area (Å²) < 4.78 is 0. The number of hydrogen-bond donors (Lipinski definition) is 2. The number of amides is 1. The summed E-state index contributed by atoms with van der Waals surface area (Å²) in [5.41, 5.74) is 0.859. The maximum Gasteiger partial charge on any atom is 0.227 e. The van der Waals surface area contributed by atoms with Crippen LogP contribution in [0.2, 0.25) is 0 Å². The van der Waals surface area contributed by atoms with Crippen molar-refractivity contribution in [3.8, 4) is 0 Å². The summed E-state index contributed by atoms with van der Waals surface area (Å²) in [6, 6.07) is 3.92. The molecule has 1 aromatic heterocycles. The molecule has 104 valence electrons. The van der Waals surface area contributed by atoms with Crippen molar-refractivity contribution in [3.63, 3.8) is 0 Å². The highest BCUT2D eigenvalue weighted by Crippen LogP contribution is 2.31. The third-order valence-electron chi connectivity index (χ3n) is 4.18. The van der Waals surface area contributed by atoms with Crippen LogP contribution in [0.25, 0.3) is 0 Å². The number of pyridine rings is 1. The molecule has 0 saturated carbocycles. The molecule has 0 radical (unpaired) electrons. The number of piperidine rings is 1. The topological polar surface area (TPSA) is 54.0 Å². The van der Waals surface area contributed by atoms with Crippen molar-refractivity contribution in [1.29, 1.82) is 0 Å². The minimum atomic E-state index is -0.237. The summed E-state index contributed by atoms with van der Waals surface area (Å²) in [5.74, 6) is 0.173. The van der Waals surface area contributed by atoms with E-state index in [0.29, 0.717) is 0 Å². The summed E-state index contributed by atoms with van der Waals surface area (Å²) >= 11 is 0. The van der Waals surface area contributed by atoms with Crippen LogP contribution < -0.4 is 10.6 Å². The second-order valence-corrected chi connectivity index (χ2v) is 5.39. The van der Waals surface area contributed by atoms with Crippen molar-refractivity contribution in [2.75, 3.05) is 13.1 Å². The van der Waals surface area contributed by atoms with Gasteiger partial charge in [0.2, 0.25) is 5.91 Å². The molecule has 1 unspecified atom stereocenters. The number of carbonyl (C=O) groups excluding carboxylic acids is 1. The van der Waals surface area contributed by atoms with Gasteiger partial charge in [-0.15, -0.1) is 0 Å². The first-order valence-electron chi connectivity index (χ1n) is 7.09. The Morgan fingerprint density at radius 1 is 1.53 bits per heavy atom. The minimum absolute atomic E-state index is 0.0286. The van der Waals surface area contributed by atoms with Crippen LogP contribution in [0.4, 0.5) is 0 Å². The van der Waals surface area contributed by atoms with E-state index in [9.17, 15) is 4.79 Å². The Kier molecular flexibility index (Phi) is 4.53. The lowest BCUT2D eigenvalue weighted by Gasteiger charge is -2.36. The SMILES string of the molecule is CCC1(C(=O)N[C@@H](C)c2ccncc2)CCCNC1. The van der Waals surface area contributed by atoms with E-state index in [1.807, 2.05) is 19.1 Å². The number of rotatable bonds is 4. The molecular formula is C15H23N3O. The van der Waals surface area contributed by atoms with Crippen LogP contribution in [0.15, 0.2) is 24.5 Å². The summed E-state index contributed by atoms with van der Waals surface area (Å²) in [7, 11) is 0. The van der Waals surface area contributed by atoms with Gasteiger partial charge in [0.1, 0.15) is 0 Å². The zero-order valence-corrected chi connectivity index (χ0v) is 11.8. The van der Waals surface area contributed by atoms with Crippen LogP contribution in [0.1, 0.15) is 44.7 Å². The van der Waals surface area contributed by atoms with Crippen LogP contribution in [0.5, 0.6) is 0 Å². The van der Waals surface area contributed by atoms with Crippen LogP contribution >= 0.6 is 0 Å². The Balaban J connectivity index is 2.03. The van der Waals surface area contributed by atoms with Crippen LogP contribution in [0, 0.1) is 5.41 Å². The fraction of sp³-hybridized carbons (Fsp3) is 0.600. The average Bonchev–Trinajstić information content (AvgIpc) is 2.48. The van der Waals surface area contributed by atoms with Crippen molar-refractivity contribution in [2.24, 2.45) is 5.41 Å². The molecule has 4 nitrogen and oxygen atoms in total. The molecule has 1 amide bonds. The Bertz CT molecular complexity index is 413. The smallest absolute Gasteiger partial charge is 0.227 e. The van der Waals surface area contributed by atoms with E-state index < -0.39 is 0 Å². The van der Waals surface area contributed by atoms with Gasteiger partial charge in [-0.25, -0.2) is 0 Å². The fourth-order valence-corrected chi connectivity index (χ4v) is 2.71. The zero-order valence-electron chi connectivity index (χ0n) is 11.8. The molecule has 2 atom stereocenters. The molecule has 0 aromatic carbocycles. The third-order valence-corrected chi connectivity index (χ3v) is 4.18. The first kappa shape index (κ1) is 14.0. The van der Waals surface area contributed by atoms with Gasteiger partial charge in [-0.3, -0.25) is 9.78 Å². The van der Waals surface area contributed by atoms with Crippen molar-refractivity contribution in [1.82, 2.24) is 15.6 Å². The molecule has 0 bridgehead atoms. The molecule has 0 aliphatic carbocycles. The highest BCUT2D eigenvalue weighted by molar-refractivity contribution is 5.83. The van der Waals surface area contributed by atoms with E-state index >= 15 is 0 Å². The second kappa shape index (κ2) is 6.15. The number of nitrogens with zero attached hydrogens (tertiary/aromatic N) is 1. The fourth-order valence-electron chi connectivity index (χ4n) is 2.71. The molecule has 1 fully saturated rings. The van der Waals surface area contributed by atoms with Gasteiger partial charge >= 0.3 is 0 Å². The minimum Gasteiger partial charge on any atom is -0.349 e. The molecule has 1 saturated heterocycles. The largest absolute Gasteiger partial charge is 0.349 e. The van der Waals surface area contributed by atoms with Gasteiger partial charge in [-0.2, -0.15) is 0 Å². The predicted octanol–water partition coefficient (Wildman–Crippen LogP) is 2.04. The van der Waals surface area contributed by atoms with E-state index in [4.69, 9.17) is 0 Å². The maximum atomic E-state index is 12.6. The number of aromatic nitrogens is 1. The van der Waals surface area contributed by atoms with Crippen LogP contribution in [-0.2, 0) is 4.79 Å². The van der Waals surface area contributed by atoms with Gasteiger partial charge in [-0.1, -0.05) is 6.92 Å². The molecule has 1 aliphatic rings. The lowest BCUT2D eigenvalue weighted by atomic mass is 9.77. The van der Waals surface area contributed by atoms with Gasteiger partial charge in [0.05, 0.1) is 11.5 Å². The summed E-state index contributed by atoms with van der Waals surface area (Å²) in [5, 5.41) is 6.50. The van der Waals surface area contributed by atoms with Crippen molar-refractivity contribution < 1.29 is 4.79 Å². The predicted molar refractivity (Wildman–Crippen MR) is 75.6 cm³/mol. The molecule has 2 N–H and O–H groups in total. The van der Waals surface area contributed by atoms with Gasteiger partial charge in [0.25, 0.3) is 0 Å². The number of nitrogens with one attached hydrogen (secondary N) is 2. The Morgan fingerprint density at radius 2 is 2.26 bits per heavy atom. The van der Waals surface area contributed by atoms with E-state index in [0.717, 1.165) is 37.9 Å². The molecule has 2 heterocycles.